The Kier molecular flexibility index (Phi) is 3.93. The lowest BCUT2D eigenvalue weighted by Gasteiger charge is -2.18. The Morgan fingerprint density at radius 3 is 2.22 bits per heavy atom. The molecule has 0 aliphatic heterocycles. The predicted molar refractivity (Wildman–Crippen MR) is 132 cm³/mol. The van der Waals surface area contributed by atoms with Crippen molar-refractivity contribution in [3.8, 4) is 11.4 Å². The van der Waals surface area contributed by atoms with E-state index in [9.17, 15) is 0 Å². The largest absolute Gasteiger partial charge is 0.357 e. The van der Waals surface area contributed by atoms with Crippen LogP contribution in [0, 0.1) is 6.92 Å². The summed E-state index contributed by atoms with van der Waals surface area (Å²) < 4.78 is 0. The normalized spacial score (nSPS) is 12.5. The Hall–Kier alpha value is -3.44. The van der Waals surface area contributed by atoms with Crippen molar-refractivity contribution in [1.82, 2.24) is 24.9 Å². The van der Waals surface area contributed by atoms with Crippen molar-refractivity contribution >= 4 is 55.3 Å². The molecule has 6 aromatic rings. The van der Waals surface area contributed by atoms with Gasteiger partial charge in [0.2, 0.25) is 0 Å². The van der Waals surface area contributed by atoms with Crippen molar-refractivity contribution in [1.29, 1.82) is 0 Å². The third-order valence-corrected chi connectivity index (χ3v) is 6.34. The van der Waals surface area contributed by atoms with E-state index in [1.165, 1.54) is 0 Å². The summed E-state index contributed by atoms with van der Waals surface area (Å²) in [7, 11) is 0. The van der Waals surface area contributed by atoms with Gasteiger partial charge in [-0.2, -0.15) is 0 Å². The molecule has 0 saturated carbocycles. The molecule has 32 heavy (non-hydrogen) atoms. The second kappa shape index (κ2) is 6.53. The molecule has 158 valence electrons. The number of H-pyrrole nitrogens is 2. The molecule has 0 aliphatic rings. The van der Waals surface area contributed by atoms with Crippen molar-refractivity contribution in [2.45, 2.75) is 33.1 Å². The molecule has 0 spiro atoms. The molecule has 0 saturated heterocycles. The number of pyridine rings is 2. The van der Waals surface area contributed by atoms with Gasteiger partial charge >= 0.3 is 0 Å². The maximum atomic E-state index is 6.48. The molecule has 4 aromatic heterocycles. The van der Waals surface area contributed by atoms with E-state index in [-0.39, 0.29) is 5.41 Å². The number of hydrogen-bond donors (Lipinski definition) is 2. The number of aromatic amines is 2. The second-order valence-corrected chi connectivity index (χ2v) is 9.81. The predicted octanol–water partition coefficient (Wildman–Crippen LogP) is 7.07. The van der Waals surface area contributed by atoms with Gasteiger partial charge in [-0.25, -0.2) is 4.98 Å². The average Bonchev–Trinajstić information content (AvgIpc) is 3.36. The van der Waals surface area contributed by atoms with Gasteiger partial charge < -0.3 is 9.97 Å². The van der Waals surface area contributed by atoms with Gasteiger partial charge in [-0.1, -0.05) is 32.4 Å². The first-order valence-corrected chi connectivity index (χ1v) is 11.0. The summed E-state index contributed by atoms with van der Waals surface area (Å²) >= 11 is 6.48. The third-order valence-electron chi connectivity index (χ3n) is 6.12. The highest BCUT2D eigenvalue weighted by molar-refractivity contribution is 6.31. The van der Waals surface area contributed by atoms with Gasteiger partial charge in [0.15, 0.2) is 0 Å². The van der Waals surface area contributed by atoms with Gasteiger partial charge in [-0.05, 0) is 48.9 Å². The SMILES string of the molecule is Cc1cc(Cl)cc2c(-c3nc4c5cccnc5c5ncccc5c4[nH]3)c(C(C)(C)C)[nH]c12. The molecule has 0 fully saturated rings. The number of nitrogens with one attached hydrogen (secondary N) is 2. The standard InChI is InChI=1S/C26H22ClN5/c1-13-11-14(27)12-17-18(24(26(2,3)4)30-19(13)17)25-31-22-15-7-5-9-28-20(15)21-16(23(22)32-25)8-6-10-29-21/h5-12,30H,1-4H3,(H,31,32). The zero-order valence-electron chi connectivity index (χ0n) is 18.3. The van der Waals surface area contributed by atoms with E-state index >= 15 is 0 Å². The van der Waals surface area contributed by atoms with Crippen LogP contribution in [0.2, 0.25) is 5.02 Å². The fourth-order valence-corrected chi connectivity index (χ4v) is 4.97. The number of hydrogen-bond acceptors (Lipinski definition) is 3. The maximum absolute atomic E-state index is 6.48. The van der Waals surface area contributed by atoms with Crippen LogP contribution in [0.5, 0.6) is 0 Å². The Bertz CT molecular complexity index is 1610. The fourth-order valence-electron chi connectivity index (χ4n) is 4.70. The molecule has 0 aliphatic carbocycles. The molecule has 6 heteroatoms. The van der Waals surface area contributed by atoms with Crippen molar-refractivity contribution in [2.75, 3.05) is 0 Å². The lowest BCUT2D eigenvalue weighted by molar-refractivity contribution is 0.575. The van der Waals surface area contributed by atoms with E-state index in [0.717, 1.165) is 71.4 Å². The first kappa shape index (κ1) is 19.3. The Balaban J connectivity index is 1.79. The van der Waals surface area contributed by atoms with E-state index in [1.807, 2.05) is 30.5 Å². The topological polar surface area (TPSA) is 70.2 Å². The highest BCUT2D eigenvalue weighted by atomic mass is 35.5. The van der Waals surface area contributed by atoms with Crippen LogP contribution in [0.25, 0.3) is 55.1 Å². The van der Waals surface area contributed by atoms with Crippen molar-refractivity contribution < 1.29 is 0 Å². The number of rotatable bonds is 1. The second-order valence-electron chi connectivity index (χ2n) is 9.38. The Morgan fingerprint density at radius 2 is 1.50 bits per heavy atom. The first-order valence-electron chi connectivity index (χ1n) is 10.7. The van der Waals surface area contributed by atoms with Gasteiger partial charge in [0.25, 0.3) is 0 Å². The summed E-state index contributed by atoms with van der Waals surface area (Å²) in [5.74, 6) is 0.819. The number of aromatic nitrogens is 5. The van der Waals surface area contributed by atoms with Crippen molar-refractivity contribution in [3.63, 3.8) is 0 Å². The van der Waals surface area contributed by atoms with Crippen LogP contribution in [0.1, 0.15) is 32.0 Å². The zero-order valence-corrected chi connectivity index (χ0v) is 19.1. The molecule has 0 bridgehead atoms. The molecule has 2 N–H and O–H groups in total. The fraction of sp³-hybridized carbons (Fsp3) is 0.192. The highest BCUT2D eigenvalue weighted by Gasteiger charge is 2.27. The lowest BCUT2D eigenvalue weighted by Crippen LogP contribution is -2.13. The van der Waals surface area contributed by atoms with Gasteiger partial charge in [-0.3, -0.25) is 9.97 Å². The molecule has 0 unspecified atom stereocenters. The summed E-state index contributed by atoms with van der Waals surface area (Å²) in [4.78, 5) is 21.7. The Labute approximate surface area is 189 Å². The summed E-state index contributed by atoms with van der Waals surface area (Å²) in [6.45, 7) is 8.70. The number of imidazole rings is 1. The molecular formula is C26H22ClN5. The molecule has 0 atom stereocenters. The van der Waals surface area contributed by atoms with Crippen LogP contribution in [0.3, 0.4) is 0 Å². The summed E-state index contributed by atoms with van der Waals surface area (Å²) in [6.07, 6.45) is 3.61. The maximum Gasteiger partial charge on any atom is 0.141 e. The van der Waals surface area contributed by atoms with E-state index in [2.05, 4.69) is 59.8 Å². The molecule has 0 amide bonds. The summed E-state index contributed by atoms with van der Waals surface area (Å²) in [6, 6.07) is 12.0. The number of aryl methyl sites for hydroxylation is 1. The van der Waals surface area contributed by atoms with Crippen LogP contribution in [0.15, 0.2) is 48.8 Å². The van der Waals surface area contributed by atoms with Gasteiger partial charge in [0.1, 0.15) is 5.82 Å². The smallest absolute Gasteiger partial charge is 0.141 e. The summed E-state index contributed by atoms with van der Waals surface area (Å²) in [5, 5.41) is 3.79. The van der Waals surface area contributed by atoms with Gasteiger partial charge in [0.05, 0.1) is 22.1 Å². The number of benzene rings is 2. The molecule has 6 rings (SSSR count). The minimum Gasteiger partial charge on any atom is -0.357 e. The molecule has 2 aromatic carbocycles. The van der Waals surface area contributed by atoms with Crippen LogP contribution < -0.4 is 0 Å². The van der Waals surface area contributed by atoms with E-state index in [0.29, 0.717) is 0 Å². The number of halogens is 1. The van der Waals surface area contributed by atoms with E-state index in [4.69, 9.17) is 16.6 Å². The lowest BCUT2D eigenvalue weighted by atomic mass is 9.88. The monoisotopic (exact) mass is 439 g/mol. The van der Waals surface area contributed by atoms with Gasteiger partial charge in [0, 0.05) is 55.8 Å². The third kappa shape index (κ3) is 2.67. The summed E-state index contributed by atoms with van der Waals surface area (Å²) in [5.41, 5.74) is 7.89. The van der Waals surface area contributed by atoms with E-state index in [1.54, 1.807) is 6.20 Å². The minimum absolute atomic E-state index is 0.112. The number of fused-ring (bicyclic) bond motifs is 7. The molecular weight excluding hydrogens is 418 g/mol. The Morgan fingerprint density at radius 1 is 0.812 bits per heavy atom. The van der Waals surface area contributed by atoms with Crippen LogP contribution in [0.4, 0.5) is 0 Å². The zero-order chi connectivity index (χ0) is 22.2. The van der Waals surface area contributed by atoms with Gasteiger partial charge in [-0.15, -0.1) is 0 Å². The average molecular weight is 440 g/mol. The van der Waals surface area contributed by atoms with Crippen molar-refractivity contribution in [2.24, 2.45) is 0 Å². The van der Waals surface area contributed by atoms with Crippen LogP contribution in [-0.4, -0.2) is 24.9 Å². The van der Waals surface area contributed by atoms with Crippen LogP contribution in [-0.2, 0) is 5.41 Å². The quantitative estimate of drug-likeness (QED) is 0.269. The highest BCUT2D eigenvalue weighted by Crippen LogP contribution is 2.41. The van der Waals surface area contributed by atoms with E-state index < -0.39 is 0 Å². The molecule has 4 heterocycles. The van der Waals surface area contributed by atoms with Crippen LogP contribution >= 0.6 is 11.6 Å². The minimum atomic E-state index is -0.112. The molecule has 5 nitrogen and oxygen atoms in total. The first-order chi connectivity index (χ1) is 15.3. The molecule has 0 radical (unpaired) electrons. The van der Waals surface area contributed by atoms with Crippen molar-refractivity contribution in [3.05, 3.63) is 65.1 Å². The number of nitrogens with zero attached hydrogens (tertiary/aromatic N) is 3.